The first kappa shape index (κ1) is 12.9. The van der Waals surface area contributed by atoms with Crippen molar-refractivity contribution in [2.75, 3.05) is 13.1 Å². The first-order chi connectivity index (χ1) is 8.61. The number of hydrogen-bond acceptors (Lipinski definition) is 2. The largest absolute Gasteiger partial charge is 0.329 e. The van der Waals surface area contributed by atoms with Crippen LogP contribution >= 0.6 is 0 Å². The van der Waals surface area contributed by atoms with E-state index in [0.717, 1.165) is 18.5 Å². The van der Waals surface area contributed by atoms with Gasteiger partial charge in [0.05, 0.1) is 0 Å². The minimum Gasteiger partial charge on any atom is -0.329 e. The quantitative estimate of drug-likeness (QED) is 0.830. The molecule has 2 saturated carbocycles. The van der Waals surface area contributed by atoms with E-state index in [4.69, 9.17) is 5.73 Å². The van der Waals surface area contributed by atoms with E-state index in [0.29, 0.717) is 5.41 Å². The summed E-state index contributed by atoms with van der Waals surface area (Å²) in [5, 5.41) is 0. The van der Waals surface area contributed by atoms with Crippen molar-refractivity contribution in [3.8, 4) is 0 Å². The van der Waals surface area contributed by atoms with Crippen LogP contribution in [0.4, 0.5) is 0 Å². The molecule has 0 amide bonds. The third kappa shape index (κ3) is 1.84. The fourth-order valence-electron chi connectivity index (χ4n) is 4.67. The Kier molecular flexibility index (Phi) is 3.22. The first-order valence-corrected chi connectivity index (χ1v) is 8.08. The van der Waals surface area contributed by atoms with Crippen molar-refractivity contribution in [1.82, 2.24) is 4.90 Å². The van der Waals surface area contributed by atoms with Gasteiger partial charge in [-0.25, -0.2) is 0 Å². The van der Waals surface area contributed by atoms with Crippen LogP contribution in [-0.4, -0.2) is 29.6 Å². The summed E-state index contributed by atoms with van der Waals surface area (Å²) >= 11 is 0. The van der Waals surface area contributed by atoms with E-state index in [1.54, 1.807) is 0 Å². The van der Waals surface area contributed by atoms with Gasteiger partial charge in [0.1, 0.15) is 0 Å². The number of nitrogens with zero attached hydrogens (tertiary/aromatic N) is 1. The maximum absolute atomic E-state index is 6.23. The van der Waals surface area contributed by atoms with E-state index in [-0.39, 0.29) is 5.54 Å². The van der Waals surface area contributed by atoms with Gasteiger partial charge in [-0.1, -0.05) is 19.8 Å². The molecule has 2 unspecified atom stereocenters. The van der Waals surface area contributed by atoms with Crippen molar-refractivity contribution in [1.29, 1.82) is 0 Å². The molecule has 3 aliphatic rings. The summed E-state index contributed by atoms with van der Waals surface area (Å²) in [6, 6.07) is 0.846. The summed E-state index contributed by atoms with van der Waals surface area (Å²) in [6.45, 7) is 7.05. The predicted molar refractivity (Wildman–Crippen MR) is 76.5 cm³/mol. The van der Waals surface area contributed by atoms with E-state index >= 15 is 0 Å². The van der Waals surface area contributed by atoms with Crippen LogP contribution in [-0.2, 0) is 0 Å². The molecule has 2 aliphatic carbocycles. The normalized spacial score (nSPS) is 35.8. The molecule has 3 fully saturated rings. The molecule has 2 nitrogen and oxygen atoms in total. The first-order valence-electron chi connectivity index (χ1n) is 8.08. The molecule has 1 saturated heterocycles. The van der Waals surface area contributed by atoms with E-state index in [1.165, 1.54) is 57.9 Å². The summed E-state index contributed by atoms with van der Waals surface area (Å²) < 4.78 is 0. The topological polar surface area (TPSA) is 29.3 Å². The van der Waals surface area contributed by atoms with Gasteiger partial charge in [0, 0.05) is 18.1 Å². The zero-order chi connectivity index (χ0) is 12.8. The van der Waals surface area contributed by atoms with Gasteiger partial charge in [0.2, 0.25) is 0 Å². The van der Waals surface area contributed by atoms with Gasteiger partial charge in [-0.2, -0.15) is 0 Å². The highest BCUT2D eigenvalue weighted by molar-refractivity contribution is 5.12. The van der Waals surface area contributed by atoms with Crippen molar-refractivity contribution < 1.29 is 0 Å². The lowest BCUT2D eigenvalue weighted by Gasteiger charge is -2.48. The van der Waals surface area contributed by atoms with Crippen molar-refractivity contribution >= 4 is 0 Å². The van der Waals surface area contributed by atoms with Crippen LogP contribution < -0.4 is 5.73 Å². The van der Waals surface area contributed by atoms with E-state index in [2.05, 4.69) is 18.7 Å². The van der Waals surface area contributed by atoms with Gasteiger partial charge < -0.3 is 5.73 Å². The third-order valence-corrected chi connectivity index (χ3v) is 6.57. The molecule has 2 heteroatoms. The monoisotopic (exact) mass is 250 g/mol. The van der Waals surface area contributed by atoms with Gasteiger partial charge in [-0.3, -0.25) is 4.90 Å². The minimum absolute atomic E-state index is 0.261. The van der Waals surface area contributed by atoms with Crippen LogP contribution in [0.25, 0.3) is 0 Å². The molecule has 18 heavy (non-hydrogen) atoms. The van der Waals surface area contributed by atoms with Gasteiger partial charge >= 0.3 is 0 Å². The number of hydrogen-bond donors (Lipinski definition) is 1. The number of rotatable bonds is 4. The predicted octanol–water partition coefficient (Wildman–Crippen LogP) is 3.16. The van der Waals surface area contributed by atoms with Gasteiger partial charge in [-0.05, 0) is 63.3 Å². The number of nitrogens with two attached hydrogens (primary N) is 1. The highest BCUT2D eigenvalue weighted by Crippen LogP contribution is 2.57. The lowest BCUT2D eigenvalue weighted by atomic mass is 9.80. The van der Waals surface area contributed by atoms with E-state index in [1.807, 2.05) is 0 Å². The molecule has 0 bridgehead atoms. The highest BCUT2D eigenvalue weighted by atomic mass is 15.3. The maximum Gasteiger partial charge on any atom is 0.0360 e. The molecule has 1 aliphatic heterocycles. The summed E-state index contributed by atoms with van der Waals surface area (Å²) in [4.78, 5) is 2.84. The maximum atomic E-state index is 6.23. The Bertz CT molecular complexity index is 304. The summed E-state index contributed by atoms with van der Waals surface area (Å²) in [5.41, 5.74) is 7.00. The molecule has 2 N–H and O–H groups in total. The van der Waals surface area contributed by atoms with Gasteiger partial charge in [0.15, 0.2) is 0 Å². The molecule has 1 heterocycles. The Morgan fingerprint density at radius 2 is 1.83 bits per heavy atom. The Labute approximate surface area is 112 Å². The summed E-state index contributed by atoms with van der Waals surface area (Å²) in [6.07, 6.45) is 11.5. The SMILES string of the molecule is CC1(C(C)(CN)N2CCCC2C2CCCC2)CC1. The van der Waals surface area contributed by atoms with Crippen LogP contribution in [0.3, 0.4) is 0 Å². The van der Waals surface area contributed by atoms with Crippen LogP contribution in [0.1, 0.15) is 65.2 Å². The zero-order valence-electron chi connectivity index (χ0n) is 12.3. The van der Waals surface area contributed by atoms with Gasteiger partial charge in [-0.15, -0.1) is 0 Å². The van der Waals surface area contributed by atoms with Crippen LogP contribution in [0.5, 0.6) is 0 Å². The molecule has 0 aromatic rings. The van der Waals surface area contributed by atoms with E-state index < -0.39 is 0 Å². The second-order valence-electron chi connectivity index (χ2n) is 7.49. The second-order valence-corrected chi connectivity index (χ2v) is 7.49. The van der Waals surface area contributed by atoms with Gasteiger partial charge in [0.25, 0.3) is 0 Å². The van der Waals surface area contributed by atoms with E-state index in [9.17, 15) is 0 Å². The van der Waals surface area contributed by atoms with Crippen LogP contribution in [0, 0.1) is 11.3 Å². The standard InChI is InChI=1S/C16H30N2/c1-15(9-10-15)16(2,12-17)18-11-5-8-14(18)13-6-3-4-7-13/h13-14H,3-12,17H2,1-2H3. The number of likely N-dealkylation sites (tertiary alicyclic amines) is 1. The highest BCUT2D eigenvalue weighted by Gasteiger charge is 2.57. The van der Waals surface area contributed by atoms with Crippen molar-refractivity contribution in [3.05, 3.63) is 0 Å². The molecule has 0 radical (unpaired) electrons. The molecular weight excluding hydrogens is 220 g/mol. The summed E-state index contributed by atoms with van der Waals surface area (Å²) in [5.74, 6) is 0.973. The molecule has 0 aromatic heterocycles. The Morgan fingerprint density at radius 1 is 1.17 bits per heavy atom. The molecule has 3 rings (SSSR count). The Hall–Kier alpha value is -0.0800. The van der Waals surface area contributed by atoms with Crippen molar-refractivity contribution in [2.45, 2.75) is 76.8 Å². The fourth-order valence-corrected chi connectivity index (χ4v) is 4.67. The van der Waals surface area contributed by atoms with Crippen molar-refractivity contribution in [3.63, 3.8) is 0 Å². The minimum atomic E-state index is 0.261. The Morgan fingerprint density at radius 3 is 2.39 bits per heavy atom. The molecule has 0 spiro atoms. The van der Waals surface area contributed by atoms with Crippen LogP contribution in [0.2, 0.25) is 0 Å². The van der Waals surface area contributed by atoms with Crippen LogP contribution in [0.15, 0.2) is 0 Å². The average molecular weight is 250 g/mol. The smallest absolute Gasteiger partial charge is 0.0360 e. The molecule has 2 atom stereocenters. The summed E-state index contributed by atoms with van der Waals surface area (Å²) in [7, 11) is 0. The second kappa shape index (κ2) is 4.49. The van der Waals surface area contributed by atoms with Crippen molar-refractivity contribution in [2.24, 2.45) is 17.1 Å². The third-order valence-electron chi connectivity index (χ3n) is 6.57. The average Bonchev–Trinajstić information content (AvgIpc) is 2.88. The molecular formula is C16H30N2. The lowest BCUT2D eigenvalue weighted by molar-refractivity contribution is 0.0164. The fraction of sp³-hybridized carbons (Fsp3) is 1.00. The molecule has 104 valence electrons. The lowest BCUT2D eigenvalue weighted by Crippen LogP contribution is -2.59. The Balaban J connectivity index is 1.80. The zero-order valence-corrected chi connectivity index (χ0v) is 12.3. The molecule has 0 aromatic carbocycles.